The van der Waals surface area contributed by atoms with Crippen molar-refractivity contribution < 1.29 is 9.59 Å². The molecule has 0 aromatic heterocycles. The average molecular weight is 450 g/mol. The van der Waals surface area contributed by atoms with E-state index in [-0.39, 0.29) is 11.8 Å². The molecule has 2 amide bonds. The Morgan fingerprint density at radius 2 is 1.64 bits per heavy atom. The van der Waals surface area contributed by atoms with Crippen LogP contribution in [-0.4, -0.2) is 29.8 Å². The van der Waals surface area contributed by atoms with Crippen molar-refractivity contribution in [1.29, 1.82) is 0 Å². The van der Waals surface area contributed by atoms with Gasteiger partial charge in [0.15, 0.2) is 0 Å². The van der Waals surface area contributed by atoms with Crippen LogP contribution in [-0.2, 0) is 11.3 Å². The van der Waals surface area contributed by atoms with Crippen LogP contribution in [0.3, 0.4) is 0 Å². The van der Waals surface area contributed by atoms with Crippen molar-refractivity contribution >= 4 is 23.2 Å². The molecule has 3 rings (SSSR count). The summed E-state index contributed by atoms with van der Waals surface area (Å²) in [6.07, 6.45) is 7.96. The number of hydrogen-bond acceptors (Lipinski definition) is 3. The molecule has 178 valence electrons. The number of anilines is 2. The average Bonchev–Trinajstić information content (AvgIpc) is 2.84. The Hall–Kier alpha value is -2.66. The second-order valence-electron chi connectivity index (χ2n) is 9.23. The molecular formula is C28H39N3O2. The van der Waals surface area contributed by atoms with Gasteiger partial charge in [-0.05, 0) is 67.7 Å². The predicted octanol–water partition coefficient (Wildman–Crippen LogP) is 6.39. The minimum Gasteiger partial charge on any atom is -0.326 e. The highest BCUT2D eigenvalue weighted by molar-refractivity contribution is 6.05. The molecule has 33 heavy (non-hydrogen) atoms. The first-order valence-electron chi connectivity index (χ1n) is 12.5. The van der Waals surface area contributed by atoms with Crippen LogP contribution in [0.25, 0.3) is 0 Å². The highest BCUT2D eigenvalue weighted by Crippen LogP contribution is 2.27. The summed E-state index contributed by atoms with van der Waals surface area (Å²) in [4.78, 5) is 27.6. The van der Waals surface area contributed by atoms with Gasteiger partial charge in [0.1, 0.15) is 0 Å². The second kappa shape index (κ2) is 12.5. The van der Waals surface area contributed by atoms with Crippen LogP contribution in [0.15, 0.2) is 42.5 Å². The van der Waals surface area contributed by atoms with Crippen molar-refractivity contribution in [3.8, 4) is 0 Å². The quantitative estimate of drug-likeness (QED) is 0.442. The van der Waals surface area contributed by atoms with Crippen molar-refractivity contribution in [3.05, 3.63) is 59.2 Å². The number of aryl methyl sites for hydroxylation is 1. The zero-order chi connectivity index (χ0) is 23.6. The monoisotopic (exact) mass is 449 g/mol. The number of hydrogen-bond donors (Lipinski definition) is 2. The van der Waals surface area contributed by atoms with Gasteiger partial charge in [0, 0.05) is 29.9 Å². The fraction of sp³-hybridized carbons (Fsp3) is 0.500. The first-order valence-corrected chi connectivity index (χ1v) is 12.5. The lowest BCUT2D eigenvalue weighted by Crippen LogP contribution is -2.22. The van der Waals surface area contributed by atoms with E-state index in [9.17, 15) is 9.59 Å². The van der Waals surface area contributed by atoms with E-state index in [1.165, 1.54) is 37.7 Å². The van der Waals surface area contributed by atoms with Crippen molar-refractivity contribution in [2.75, 3.05) is 23.7 Å². The summed E-state index contributed by atoms with van der Waals surface area (Å²) in [5.74, 6) is 0.592. The van der Waals surface area contributed by atoms with Gasteiger partial charge in [0.05, 0.1) is 0 Å². The van der Waals surface area contributed by atoms with E-state index in [1.807, 2.05) is 49.4 Å². The molecule has 1 aliphatic carbocycles. The van der Waals surface area contributed by atoms with Gasteiger partial charge in [-0.2, -0.15) is 0 Å². The van der Waals surface area contributed by atoms with Crippen LogP contribution in [0.1, 0.15) is 80.3 Å². The Balaban J connectivity index is 1.56. The Morgan fingerprint density at radius 1 is 0.939 bits per heavy atom. The molecule has 2 aromatic carbocycles. The Morgan fingerprint density at radius 3 is 2.30 bits per heavy atom. The summed E-state index contributed by atoms with van der Waals surface area (Å²) in [6.45, 7) is 9.16. The smallest absolute Gasteiger partial charge is 0.255 e. The molecule has 0 saturated heterocycles. The molecule has 5 nitrogen and oxygen atoms in total. The summed E-state index contributed by atoms with van der Waals surface area (Å²) in [7, 11) is 0. The summed E-state index contributed by atoms with van der Waals surface area (Å²) in [6, 6.07) is 13.5. The zero-order valence-corrected chi connectivity index (χ0v) is 20.5. The highest BCUT2D eigenvalue weighted by atomic mass is 16.2. The van der Waals surface area contributed by atoms with Crippen LogP contribution in [0, 0.1) is 12.8 Å². The van der Waals surface area contributed by atoms with Crippen molar-refractivity contribution in [1.82, 2.24) is 4.90 Å². The maximum absolute atomic E-state index is 12.8. The Kier molecular flexibility index (Phi) is 9.49. The summed E-state index contributed by atoms with van der Waals surface area (Å²) in [5.41, 5.74) is 4.22. The number of amides is 2. The van der Waals surface area contributed by atoms with Gasteiger partial charge in [-0.15, -0.1) is 0 Å². The van der Waals surface area contributed by atoms with Crippen LogP contribution in [0.4, 0.5) is 11.4 Å². The van der Waals surface area contributed by atoms with Crippen LogP contribution < -0.4 is 10.6 Å². The number of benzene rings is 2. The fourth-order valence-corrected chi connectivity index (χ4v) is 4.53. The molecular weight excluding hydrogens is 410 g/mol. The molecule has 2 N–H and O–H groups in total. The molecule has 0 radical (unpaired) electrons. The van der Waals surface area contributed by atoms with E-state index in [1.54, 1.807) is 0 Å². The van der Waals surface area contributed by atoms with E-state index in [0.29, 0.717) is 17.9 Å². The van der Waals surface area contributed by atoms with Crippen molar-refractivity contribution in [3.63, 3.8) is 0 Å². The highest BCUT2D eigenvalue weighted by Gasteiger charge is 2.15. The van der Waals surface area contributed by atoms with E-state index in [2.05, 4.69) is 29.4 Å². The molecule has 0 heterocycles. The molecule has 0 spiro atoms. The van der Waals surface area contributed by atoms with E-state index in [4.69, 9.17) is 0 Å². The summed E-state index contributed by atoms with van der Waals surface area (Å²) in [5, 5.41) is 6.01. The molecule has 0 bridgehead atoms. The molecule has 1 fully saturated rings. The number of nitrogens with one attached hydrogen (secondary N) is 2. The Labute approximate surface area is 199 Å². The largest absolute Gasteiger partial charge is 0.326 e. The van der Waals surface area contributed by atoms with Gasteiger partial charge in [0.25, 0.3) is 5.91 Å². The molecule has 0 atom stereocenters. The van der Waals surface area contributed by atoms with Crippen LogP contribution in [0.2, 0.25) is 0 Å². The first kappa shape index (κ1) is 25.0. The topological polar surface area (TPSA) is 61.4 Å². The third-order valence-corrected chi connectivity index (χ3v) is 6.79. The third kappa shape index (κ3) is 7.71. The lowest BCUT2D eigenvalue weighted by molar-refractivity contribution is -0.116. The van der Waals surface area contributed by atoms with Gasteiger partial charge in [-0.3, -0.25) is 14.5 Å². The molecule has 0 unspecified atom stereocenters. The van der Waals surface area contributed by atoms with Gasteiger partial charge >= 0.3 is 0 Å². The van der Waals surface area contributed by atoms with Gasteiger partial charge in [-0.1, -0.05) is 64.2 Å². The number of carbonyl (C=O) groups excluding carboxylic acids is 2. The Bertz CT molecular complexity index is 913. The molecule has 2 aromatic rings. The van der Waals surface area contributed by atoms with Crippen molar-refractivity contribution in [2.45, 2.75) is 72.3 Å². The minimum atomic E-state index is -0.145. The molecule has 0 aliphatic heterocycles. The molecule has 5 heteroatoms. The number of carbonyl (C=O) groups is 2. The van der Waals surface area contributed by atoms with Gasteiger partial charge < -0.3 is 10.6 Å². The maximum atomic E-state index is 12.8. The van der Waals surface area contributed by atoms with Crippen molar-refractivity contribution in [2.24, 2.45) is 5.92 Å². The normalized spacial score (nSPS) is 14.3. The lowest BCUT2D eigenvalue weighted by atomic mass is 9.86. The minimum absolute atomic E-state index is 0.0468. The van der Waals surface area contributed by atoms with E-state index >= 15 is 0 Å². The van der Waals surface area contributed by atoms with Crippen LogP contribution in [0.5, 0.6) is 0 Å². The van der Waals surface area contributed by atoms with Gasteiger partial charge in [0.2, 0.25) is 5.91 Å². The number of rotatable bonds is 10. The zero-order valence-electron chi connectivity index (χ0n) is 20.5. The molecule has 1 saturated carbocycles. The second-order valence-corrected chi connectivity index (χ2v) is 9.23. The van der Waals surface area contributed by atoms with E-state index in [0.717, 1.165) is 43.0 Å². The fourth-order valence-electron chi connectivity index (χ4n) is 4.53. The standard InChI is InChI=1S/C28H39N3O2/c1-4-31(5-2)20-23-12-15-24(16-13-23)28(33)30-26-19-25(17-11-21(26)3)29-27(32)18-14-22-9-7-6-8-10-22/h11-13,15-17,19,22H,4-10,14,18,20H2,1-3H3,(H,29,32)(H,30,33). The first-order chi connectivity index (χ1) is 16.0. The van der Waals surface area contributed by atoms with Gasteiger partial charge in [-0.25, -0.2) is 0 Å². The SMILES string of the molecule is CCN(CC)Cc1ccc(C(=O)Nc2cc(NC(=O)CCC3CCCCC3)ccc2C)cc1. The predicted molar refractivity (Wildman–Crippen MR) is 137 cm³/mol. The number of nitrogens with zero attached hydrogens (tertiary/aromatic N) is 1. The van der Waals surface area contributed by atoms with Crippen LogP contribution >= 0.6 is 0 Å². The summed E-state index contributed by atoms with van der Waals surface area (Å²) >= 11 is 0. The lowest BCUT2D eigenvalue weighted by Gasteiger charge is -2.21. The molecule has 1 aliphatic rings. The summed E-state index contributed by atoms with van der Waals surface area (Å²) < 4.78 is 0. The van der Waals surface area contributed by atoms with E-state index < -0.39 is 0 Å². The third-order valence-electron chi connectivity index (χ3n) is 6.79. The maximum Gasteiger partial charge on any atom is 0.255 e.